The van der Waals surface area contributed by atoms with Gasteiger partial charge in [0.15, 0.2) is 0 Å². The van der Waals surface area contributed by atoms with Crippen molar-refractivity contribution in [3.63, 3.8) is 0 Å². The molecule has 3 nitrogen and oxygen atoms in total. The molecule has 0 radical (unpaired) electrons. The van der Waals surface area contributed by atoms with Gasteiger partial charge in [0, 0.05) is 12.6 Å². The molecule has 0 aliphatic carbocycles. The van der Waals surface area contributed by atoms with E-state index in [4.69, 9.17) is 10.8 Å². The monoisotopic (exact) mass is 217 g/mol. The van der Waals surface area contributed by atoms with E-state index in [9.17, 15) is 5.11 Å². The van der Waals surface area contributed by atoms with Crippen LogP contribution in [0, 0.1) is 5.92 Å². The van der Waals surface area contributed by atoms with Crippen molar-refractivity contribution >= 4 is 0 Å². The highest BCUT2D eigenvalue weighted by atomic mass is 16.3. The largest absolute Gasteiger partial charge is 0.396 e. The number of nitrogens with two attached hydrogens (primary N) is 1. The third kappa shape index (κ3) is 6.88. The van der Waals surface area contributed by atoms with Crippen molar-refractivity contribution in [3.8, 4) is 0 Å². The molecule has 0 spiro atoms. The summed E-state index contributed by atoms with van der Waals surface area (Å²) in [6.07, 6.45) is 5.87. The average Bonchev–Trinajstić information content (AvgIpc) is 2.23. The summed E-state index contributed by atoms with van der Waals surface area (Å²) in [4.78, 5) is 0. The second-order valence-electron chi connectivity index (χ2n) is 4.48. The van der Waals surface area contributed by atoms with Crippen LogP contribution in [0.3, 0.4) is 0 Å². The van der Waals surface area contributed by atoms with E-state index in [1.807, 2.05) is 0 Å². The van der Waals surface area contributed by atoms with Gasteiger partial charge in [0.2, 0.25) is 0 Å². The highest BCUT2D eigenvalue weighted by Crippen LogP contribution is 2.16. The van der Waals surface area contributed by atoms with Crippen LogP contribution in [-0.4, -0.2) is 29.0 Å². The number of aliphatic hydroxyl groups excluding tert-OH is 2. The van der Waals surface area contributed by atoms with Gasteiger partial charge in [-0.05, 0) is 18.8 Å². The van der Waals surface area contributed by atoms with Crippen LogP contribution in [0.25, 0.3) is 0 Å². The molecule has 3 heteroatoms. The highest BCUT2D eigenvalue weighted by molar-refractivity contribution is 4.77. The fourth-order valence-electron chi connectivity index (χ4n) is 1.79. The maximum atomic E-state index is 9.61. The predicted molar refractivity (Wildman–Crippen MR) is 63.6 cm³/mol. The molecule has 0 bridgehead atoms. The van der Waals surface area contributed by atoms with E-state index < -0.39 is 6.10 Å². The molecule has 3 unspecified atom stereocenters. The lowest BCUT2D eigenvalue weighted by atomic mass is 9.91. The summed E-state index contributed by atoms with van der Waals surface area (Å²) in [6, 6.07) is -0.196. The topological polar surface area (TPSA) is 66.5 Å². The van der Waals surface area contributed by atoms with E-state index in [2.05, 4.69) is 13.8 Å². The summed E-state index contributed by atoms with van der Waals surface area (Å²) in [7, 11) is 0. The molecule has 0 amide bonds. The van der Waals surface area contributed by atoms with Crippen LogP contribution in [0.1, 0.15) is 52.4 Å². The van der Waals surface area contributed by atoms with Gasteiger partial charge in [-0.25, -0.2) is 0 Å². The minimum absolute atomic E-state index is 0.0113. The maximum absolute atomic E-state index is 9.61. The van der Waals surface area contributed by atoms with E-state index in [0.29, 0.717) is 12.3 Å². The van der Waals surface area contributed by atoms with Crippen LogP contribution < -0.4 is 5.73 Å². The number of hydrogen-bond acceptors (Lipinski definition) is 3. The van der Waals surface area contributed by atoms with E-state index in [1.54, 1.807) is 0 Å². The first-order chi connectivity index (χ1) is 7.13. The Bertz CT molecular complexity index is 142. The summed E-state index contributed by atoms with van der Waals surface area (Å²) in [5, 5.41) is 18.3. The fraction of sp³-hybridized carbons (Fsp3) is 1.00. The zero-order valence-electron chi connectivity index (χ0n) is 10.2. The molecule has 0 aromatic heterocycles. The molecule has 0 saturated carbocycles. The van der Waals surface area contributed by atoms with E-state index in [-0.39, 0.29) is 12.6 Å². The lowest BCUT2D eigenvalue weighted by Crippen LogP contribution is -2.40. The molecule has 0 fully saturated rings. The summed E-state index contributed by atoms with van der Waals surface area (Å²) >= 11 is 0. The number of hydrogen-bond donors (Lipinski definition) is 3. The van der Waals surface area contributed by atoms with Crippen LogP contribution in [0.15, 0.2) is 0 Å². The Morgan fingerprint density at radius 2 is 1.80 bits per heavy atom. The van der Waals surface area contributed by atoms with Gasteiger partial charge in [0.25, 0.3) is 0 Å². The first-order valence-electron chi connectivity index (χ1n) is 6.18. The average molecular weight is 217 g/mol. The standard InChI is InChI=1S/C12H27NO2/c1-3-4-5-6-7-10(2)12(13)11(15)8-9-14/h10-12,14-15H,3-9,13H2,1-2H3. The van der Waals surface area contributed by atoms with Crippen LogP contribution in [-0.2, 0) is 0 Å². The molecule has 0 rings (SSSR count). The molecule has 0 heterocycles. The Kier molecular flexibility index (Phi) is 9.06. The summed E-state index contributed by atoms with van der Waals surface area (Å²) in [5.41, 5.74) is 5.90. The molecule has 0 aliphatic heterocycles. The van der Waals surface area contributed by atoms with Crippen LogP contribution in [0.4, 0.5) is 0 Å². The van der Waals surface area contributed by atoms with E-state index in [0.717, 1.165) is 6.42 Å². The highest BCUT2D eigenvalue weighted by Gasteiger charge is 2.20. The van der Waals surface area contributed by atoms with Gasteiger partial charge in [0.05, 0.1) is 6.10 Å². The molecule has 0 aromatic carbocycles. The first-order valence-corrected chi connectivity index (χ1v) is 6.18. The number of unbranched alkanes of at least 4 members (excludes halogenated alkanes) is 3. The van der Waals surface area contributed by atoms with Crippen molar-refractivity contribution in [2.45, 2.75) is 64.5 Å². The molecule has 0 aliphatic rings. The van der Waals surface area contributed by atoms with Crippen LogP contribution >= 0.6 is 0 Å². The van der Waals surface area contributed by atoms with Gasteiger partial charge >= 0.3 is 0 Å². The zero-order valence-corrected chi connectivity index (χ0v) is 10.2. The predicted octanol–water partition coefficient (Wildman–Crippen LogP) is 1.66. The molecule has 0 saturated heterocycles. The van der Waals surface area contributed by atoms with Gasteiger partial charge < -0.3 is 15.9 Å². The number of rotatable bonds is 9. The van der Waals surface area contributed by atoms with Crippen molar-refractivity contribution in [2.75, 3.05) is 6.61 Å². The lowest BCUT2D eigenvalue weighted by Gasteiger charge is -2.24. The van der Waals surface area contributed by atoms with Crippen molar-refractivity contribution in [2.24, 2.45) is 11.7 Å². The third-order valence-corrected chi connectivity index (χ3v) is 3.04. The molecule has 15 heavy (non-hydrogen) atoms. The van der Waals surface area contributed by atoms with Gasteiger partial charge in [-0.3, -0.25) is 0 Å². The first kappa shape index (κ1) is 14.9. The molecule has 3 atom stereocenters. The summed E-state index contributed by atoms with van der Waals surface area (Å²) < 4.78 is 0. The van der Waals surface area contributed by atoms with Gasteiger partial charge in [-0.2, -0.15) is 0 Å². The molecule has 92 valence electrons. The Morgan fingerprint density at radius 1 is 1.13 bits per heavy atom. The minimum atomic E-state index is -0.559. The van der Waals surface area contributed by atoms with Crippen molar-refractivity contribution < 1.29 is 10.2 Å². The molecule has 4 N–H and O–H groups in total. The van der Waals surface area contributed by atoms with E-state index in [1.165, 1.54) is 25.7 Å². The zero-order chi connectivity index (χ0) is 11.7. The normalized spacial score (nSPS) is 17.4. The Morgan fingerprint density at radius 3 is 2.33 bits per heavy atom. The molecular weight excluding hydrogens is 190 g/mol. The van der Waals surface area contributed by atoms with Crippen molar-refractivity contribution in [1.82, 2.24) is 0 Å². The van der Waals surface area contributed by atoms with Crippen LogP contribution in [0.2, 0.25) is 0 Å². The second kappa shape index (κ2) is 9.13. The Balaban J connectivity index is 3.63. The molecule has 0 aromatic rings. The van der Waals surface area contributed by atoms with Gasteiger partial charge in [0.1, 0.15) is 0 Å². The smallest absolute Gasteiger partial charge is 0.0715 e. The third-order valence-electron chi connectivity index (χ3n) is 3.04. The summed E-state index contributed by atoms with van der Waals surface area (Å²) in [6.45, 7) is 4.29. The SMILES string of the molecule is CCCCCCC(C)C(N)C(O)CCO. The Hall–Kier alpha value is -0.120. The number of aliphatic hydroxyl groups is 2. The lowest BCUT2D eigenvalue weighted by molar-refractivity contribution is 0.0884. The maximum Gasteiger partial charge on any atom is 0.0715 e. The minimum Gasteiger partial charge on any atom is -0.396 e. The fourth-order valence-corrected chi connectivity index (χ4v) is 1.79. The quantitative estimate of drug-likeness (QED) is 0.515. The summed E-state index contributed by atoms with van der Waals surface area (Å²) in [5.74, 6) is 0.336. The van der Waals surface area contributed by atoms with Crippen molar-refractivity contribution in [3.05, 3.63) is 0 Å². The van der Waals surface area contributed by atoms with E-state index >= 15 is 0 Å². The molecular formula is C12H27NO2. The van der Waals surface area contributed by atoms with Crippen LogP contribution in [0.5, 0.6) is 0 Å². The second-order valence-corrected chi connectivity index (χ2v) is 4.48. The van der Waals surface area contributed by atoms with Gasteiger partial charge in [-0.15, -0.1) is 0 Å². The Labute approximate surface area is 93.7 Å². The van der Waals surface area contributed by atoms with Crippen molar-refractivity contribution in [1.29, 1.82) is 0 Å². The van der Waals surface area contributed by atoms with Gasteiger partial charge in [-0.1, -0.05) is 39.5 Å².